The summed E-state index contributed by atoms with van der Waals surface area (Å²) < 4.78 is 0. The van der Waals surface area contributed by atoms with E-state index in [4.69, 9.17) is 0 Å². The maximum Gasteiger partial charge on any atom is 0.0727 e. The maximum absolute atomic E-state index is 2.50. The van der Waals surface area contributed by atoms with Crippen LogP contribution in [0.1, 0.15) is 40.7 Å². The van der Waals surface area contributed by atoms with Crippen LogP contribution in [0.25, 0.3) is 61.2 Å². The van der Waals surface area contributed by atoms with Crippen molar-refractivity contribution in [3.8, 4) is 55.6 Å². The average molecular weight is 957 g/mol. The van der Waals surface area contributed by atoms with Crippen LogP contribution in [0.15, 0.2) is 291 Å². The first-order valence-electron chi connectivity index (χ1n) is 26.2. The molecule has 0 N–H and O–H groups in total. The topological polar surface area (TPSA) is 6.48 Å². The Morgan fingerprint density at radius 1 is 0.253 bits per heavy atom. The molecule has 75 heavy (non-hydrogen) atoms. The molecule has 14 rings (SSSR count). The van der Waals surface area contributed by atoms with Gasteiger partial charge in [0.15, 0.2) is 0 Å². The second kappa shape index (κ2) is 18.5. The van der Waals surface area contributed by atoms with Gasteiger partial charge in [-0.3, -0.25) is 0 Å². The van der Waals surface area contributed by atoms with Crippen molar-refractivity contribution in [2.24, 2.45) is 0 Å². The van der Waals surface area contributed by atoms with Crippen molar-refractivity contribution >= 4 is 39.7 Å². The number of nitrogens with zero attached hydrogens (tertiary/aromatic N) is 2. The van der Waals surface area contributed by atoms with Gasteiger partial charge in [-0.05, 0) is 175 Å². The molecule has 0 aliphatic heterocycles. The van der Waals surface area contributed by atoms with Crippen LogP contribution in [0.4, 0.5) is 34.1 Å². The third kappa shape index (κ3) is 7.56. The summed E-state index contributed by atoms with van der Waals surface area (Å²) in [5.74, 6) is 0. The van der Waals surface area contributed by atoms with Gasteiger partial charge < -0.3 is 9.80 Å². The molecule has 0 amide bonds. The first-order valence-corrected chi connectivity index (χ1v) is 26.2. The van der Waals surface area contributed by atoms with Crippen molar-refractivity contribution in [1.29, 1.82) is 0 Å². The summed E-state index contributed by atoms with van der Waals surface area (Å²) in [4.78, 5) is 4.88. The first-order chi connectivity index (χ1) is 37.2. The molecule has 0 aromatic heterocycles. The molecular weight excluding hydrogens is 905 g/mol. The van der Waals surface area contributed by atoms with E-state index in [1.807, 2.05) is 0 Å². The summed E-state index contributed by atoms with van der Waals surface area (Å²) in [5.41, 5.74) is 26.0. The molecular formula is C73H52N2. The van der Waals surface area contributed by atoms with E-state index in [-0.39, 0.29) is 0 Å². The minimum Gasteiger partial charge on any atom is -0.310 e. The van der Waals surface area contributed by atoms with E-state index in [2.05, 4.69) is 301 Å². The van der Waals surface area contributed by atoms with Crippen molar-refractivity contribution < 1.29 is 0 Å². The molecule has 1 unspecified atom stereocenters. The van der Waals surface area contributed by atoms with Crippen LogP contribution in [0.3, 0.4) is 0 Å². The standard InChI is InChI=1S/C73H52N2/c1-5-17-51(18-6-1)55-29-37-59(38-30-55)74(60-39-31-56(32-40-60)52-19-7-2-8-20-52)63-45-47-67-65-25-13-15-27-69(65)73(71(67)49-63)70-28-16-14-26-66(70)68-48-46-64(50-72(68)73)75(61-41-33-57(34-42-61)53-21-9-3-10-22-53)62-43-35-58(36-44-62)54-23-11-4-12-24-54/h1-3,5-11,13-50H,4,12H2. The molecule has 0 fully saturated rings. The van der Waals surface area contributed by atoms with Crippen LogP contribution in [0.5, 0.6) is 0 Å². The molecule has 1 spiro atoms. The Morgan fingerprint density at radius 2 is 0.573 bits per heavy atom. The van der Waals surface area contributed by atoms with E-state index in [0.29, 0.717) is 0 Å². The number of hydrogen-bond acceptors (Lipinski definition) is 2. The second-order valence-corrected chi connectivity index (χ2v) is 19.9. The van der Waals surface area contributed by atoms with Gasteiger partial charge in [0.1, 0.15) is 0 Å². The monoisotopic (exact) mass is 956 g/mol. The Kier molecular flexibility index (Phi) is 10.9. The summed E-state index contributed by atoms with van der Waals surface area (Å²) in [6, 6.07) is 101. The predicted molar refractivity (Wildman–Crippen MR) is 315 cm³/mol. The summed E-state index contributed by atoms with van der Waals surface area (Å²) in [7, 11) is 0. The van der Waals surface area contributed by atoms with Crippen LogP contribution < -0.4 is 9.80 Å². The van der Waals surface area contributed by atoms with Gasteiger partial charge in [-0.15, -0.1) is 0 Å². The molecule has 2 heteroatoms. The van der Waals surface area contributed by atoms with Crippen LogP contribution in [-0.4, -0.2) is 0 Å². The normalized spacial score (nSPS) is 14.6. The zero-order valence-electron chi connectivity index (χ0n) is 41.5. The zero-order chi connectivity index (χ0) is 49.7. The number of anilines is 6. The Labute approximate surface area is 440 Å². The Hall–Kier alpha value is -9.50. The molecule has 0 bridgehead atoms. The third-order valence-electron chi connectivity index (χ3n) is 15.7. The lowest BCUT2D eigenvalue weighted by Gasteiger charge is -2.33. The first kappa shape index (κ1) is 44.2. The summed E-state index contributed by atoms with van der Waals surface area (Å²) in [6.07, 6.45) is 9.08. The SMILES string of the molecule is C1=CC(c2ccc(N(c3ccc(-c4ccccc4)cc3)c3ccc4c(c3)C3(c5ccccc5-4)c4ccccc4-c4ccc(N(c5ccc(-c6ccccc6)cc5)c5ccc(-c6ccccc6)cc5)cc43)cc2)=CCC1. The van der Waals surface area contributed by atoms with Crippen molar-refractivity contribution in [2.75, 3.05) is 9.80 Å². The largest absolute Gasteiger partial charge is 0.310 e. The molecule has 0 heterocycles. The van der Waals surface area contributed by atoms with Crippen molar-refractivity contribution in [1.82, 2.24) is 0 Å². The predicted octanol–water partition coefficient (Wildman–Crippen LogP) is 19.7. The van der Waals surface area contributed by atoms with Gasteiger partial charge in [0.25, 0.3) is 0 Å². The minimum absolute atomic E-state index is 0.601. The highest BCUT2D eigenvalue weighted by molar-refractivity contribution is 5.98. The molecule has 1 atom stereocenters. The van der Waals surface area contributed by atoms with Crippen molar-refractivity contribution in [2.45, 2.75) is 18.3 Å². The fourth-order valence-corrected chi connectivity index (χ4v) is 12.2. The van der Waals surface area contributed by atoms with Gasteiger partial charge in [-0.2, -0.15) is 0 Å². The van der Waals surface area contributed by atoms with E-state index >= 15 is 0 Å². The summed E-state index contributed by atoms with van der Waals surface area (Å²) in [6.45, 7) is 0. The van der Waals surface area contributed by atoms with E-state index < -0.39 is 5.41 Å². The smallest absolute Gasteiger partial charge is 0.0727 e. The fraction of sp³-hybridized carbons (Fsp3) is 0.0411. The van der Waals surface area contributed by atoms with Crippen LogP contribution in [-0.2, 0) is 5.41 Å². The van der Waals surface area contributed by atoms with Gasteiger partial charge in [-0.1, -0.05) is 218 Å². The molecule has 0 saturated carbocycles. The molecule has 11 aromatic carbocycles. The van der Waals surface area contributed by atoms with E-state index in [9.17, 15) is 0 Å². The van der Waals surface area contributed by atoms with Gasteiger partial charge in [-0.25, -0.2) is 0 Å². The number of fused-ring (bicyclic) bond motifs is 10. The number of hydrogen-bond donors (Lipinski definition) is 0. The number of rotatable bonds is 10. The minimum atomic E-state index is -0.601. The van der Waals surface area contributed by atoms with Gasteiger partial charge in [0, 0.05) is 34.1 Å². The molecule has 11 aromatic rings. The molecule has 3 aliphatic rings. The summed E-state index contributed by atoms with van der Waals surface area (Å²) >= 11 is 0. The number of allylic oxidation sites excluding steroid dienone is 4. The molecule has 2 nitrogen and oxygen atoms in total. The van der Waals surface area contributed by atoms with Crippen LogP contribution in [0, 0.1) is 0 Å². The van der Waals surface area contributed by atoms with Crippen molar-refractivity contribution in [3.63, 3.8) is 0 Å². The Bertz CT molecular complexity index is 3850. The quantitative estimate of drug-likeness (QED) is 0.135. The maximum atomic E-state index is 2.50. The Morgan fingerprint density at radius 3 is 0.947 bits per heavy atom. The lowest BCUT2D eigenvalue weighted by molar-refractivity contribution is 0.793. The highest BCUT2D eigenvalue weighted by Crippen LogP contribution is 2.64. The molecule has 354 valence electrons. The van der Waals surface area contributed by atoms with Gasteiger partial charge >= 0.3 is 0 Å². The van der Waals surface area contributed by atoms with E-state index in [1.54, 1.807) is 0 Å². The van der Waals surface area contributed by atoms with Crippen LogP contribution >= 0.6 is 0 Å². The lowest BCUT2D eigenvalue weighted by Crippen LogP contribution is -2.26. The van der Waals surface area contributed by atoms with Gasteiger partial charge in [0.2, 0.25) is 0 Å². The van der Waals surface area contributed by atoms with E-state index in [1.165, 1.54) is 89.0 Å². The van der Waals surface area contributed by atoms with Crippen molar-refractivity contribution in [3.05, 3.63) is 319 Å². The number of benzene rings is 11. The Balaban J connectivity index is 0.953. The second-order valence-electron chi connectivity index (χ2n) is 19.9. The van der Waals surface area contributed by atoms with Crippen LogP contribution in [0.2, 0.25) is 0 Å². The highest BCUT2D eigenvalue weighted by atomic mass is 15.1. The van der Waals surface area contributed by atoms with Gasteiger partial charge in [0.05, 0.1) is 5.41 Å². The fourth-order valence-electron chi connectivity index (χ4n) is 12.2. The highest BCUT2D eigenvalue weighted by Gasteiger charge is 2.52. The van der Waals surface area contributed by atoms with E-state index in [0.717, 1.165) is 47.0 Å². The average Bonchev–Trinajstić information content (AvgIpc) is 4.08. The lowest BCUT2D eigenvalue weighted by atomic mass is 9.70. The summed E-state index contributed by atoms with van der Waals surface area (Å²) in [5, 5.41) is 0. The molecule has 0 saturated heterocycles. The molecule has 0 radical (unpaired) electrons. The zero-order valence-corrected chi connectivity index (χ0v) is 41.5. The third-order valence-corrected chi connectivity index (χ3v) is 15.7. The molecule has 3 aliphatic carbocycles.